The van der Waals surface area contributed by atoms with Crippen LogP contribution in [0.3, 0.4) is 0 Å². The molecule has 0 amide bonds. The Labute approximate surface area is 189 Å². The lowest BCUT2D eigenvalue weighted by Crippen LogP contribution is -2.34. The number of hydrogen-bond donors (Lipinski definition) is 2. The van der Waals surface area contributed by atoms with Gasteiger partial charge in [0.1, 0.15) is 17.4 Å². The zero-order chi connectivity index (χ0) is 22.6. The minimum absolute atomic E-state index is 0.183. The number of nitrogens with zero attached hydrogens (tertiary/aromatic N) is 2. The first kappa shape index (κ1) is 24.1. The predicted octanol–water partition coefficient (Wildman–Crippen LogP) is 3.87. The Balaban J connectivity index is 1.84. The second-order valence-corrected chi connectivity index (χ2v) is 17.1. The lowest BCUT2D eigenvalue weighted by Gasteiger charge is -2.25. The van der Waals surface area contributed by atoms with E-state index in [2.05, 4.69) is 34.6 Å². The fourth-order valence-electron chi connectivity index (χ4n) is 3.26. The van der Waals surface area contributed by atoms with E-state index in [1.807, 2.05) is 0 Å². The van der Waals surface area contributed by atoms with Gasteiger partial charge in [-0.25, -0.2) is 17.1 Å². The number of hydrogen-bond acceptors (Lipinski definition) is 7. The highest BCUT2D eigenvalue weighted by Gasteiger charge is 2.30. The van der Waals surface area contributed by atoms with E-state index >= 15 is 4.39 Å². The van der Waals surface area contributed by atoms with Gasteiger partial charge in [0, 0.05) is 38.3 Å². The molecule has 31 heavy (non-hydrogen) atoms. The first-order valence-corrected chi connectivity index (χ1v) is 16.3. The van der Waals surface area contributed by atoms with Crippen molar-refractivity contribution in [1.29, 1.82) is 0 Å². The molecule has 2 heterocycles. The molecule has 0 bridgehead atoms. The van der Waals surface area contributed by atoms with E-state index in [-0.39, 0.29) is 17.7 Å². The fourth-order valence-corrected chi connectivity index (χ4v) is 6.06. The molecule has 2 N–H and O–H groups in total. The molecule has 1 aromatic heterocycles. The molecule has 0 saturated carbocycles. The molecule has 7 nitrogen and oxygen atoms in total. The molecule has 1 aliphatic rings. The predicted molar refractivity (Wildman–Crippen MR) is 127 cm³/mol. The van der Waals surface area contributed by atoms with Crippen molar-refractivity contribution >= 4 is 41.0 Å². The van der Waals surface area contributed by atoms with Gasteiger partial charge in [-0.15, -0.1) is 0 Å². The van der Waals surface area contributed by atoms with Gasteiger partial charge >= 0.3 is 0 Å². The molecular formula is C20H31FN4O3S2Si. The van der Waals surface area contributed by atoms with Crippen molar-refractivity contribution in [2.24, 2.45) is 0 Å². The van der Waals surface area contributed by atoms with Gasteiger partial charge in [0.05, 0.1) is 11.9 Å². The number of rotatable bonds is 10. The van der Waals surface area contributed by atoms with Gasteiger partial charge in [-0.2, -0.15) is 4.37 Å². The minimum Gasteiger partial charge on any atom is -0.381 e. The molecule has 0 spiro atoms. The van der Waals surface area contributed by atoms with Crippen molar-refractivity contribution in [3.8, 4) is 0 Å². The van der Waals surface area contributed by atoms with Crippen LogP contribution < -0.4 is 14.9 Å². The number of halogens is 1. The van der Waals surface area contributed by atoms with Gasteiger partial charge in [-0.05, 0) is 55.2 Å². The van der Waals surface area contributed by atoms with E-state index < -0.39 is 23.9 Å². The van der Waals surface area contributed by atoms with Crippen molar-refractivity contribution in [2.75, 3.05) is 36.0 Å². The maximum atomic E-state index is 15.0. The topological polar surface area (TPSA) is 83.6 Å². The van der Waals surface area contributed by atoms with E-state index in [9.17, 15) is 8.42 Å². The van der Waals surface area contributed by atoms with Gasteiger partial charge in [-0.1, -0.05) is 19.6 Å². The number of ether oxygens (including phenoxy) is 1. The average molecular weight is 487 g/mol. The van der Waals surface area contributed by atoms with Crippen LogP contribution in [0.1, 0.15) is 12.0 Å². The standard InChI is InChI=1S/C20H31FN4O3S2Si/c1-15-9-20(18(21)10-19(15)24-16-5-6-22-11-16)30(26,27)25(17-12-23-29-13-17)14-28-7-8-31(2,3)4/h9-10,12-13,16,22,24H,5-8,11,14H2,1-4H3/t16-/m0/s1. The zero-order valence-electron chi connectivity index (χ0n) is 18.4. The van der Waals surface area contributed by atoms with Crippen LogP contribution in [0.2, 0.25) is 25.7 Å². The van der Waals surface area contributed by atoms with E-state index in [4.69, 9.17) is 4.74 Å². The number of anilines is 2. The Bertz CT molecular complexity index is 975. The van der Waals surface area contributed by atoms with Gasteiger partial charge in [-0.3, -0.25) is 0 Å². The summed E-state index contributed by atoms with van der Waals surface area (Å²) in [6.45, 7) is 10.4. The fraction of sp³-hybridized carbons (Fsp3) is 0.550. The third-order valence-corrected chi connectivity index (χ3v) is 9.22. The van der Waals surface area contributed by atoms with Crippen LogP contribution in [0, 0.1) is 12.7 Å². The van der Waals surface area contributed by atoms with Crippen molar-refractivity contribution < 1.29 is 17.5 Å². The summed E-state index contributed by atoms with van der Waals surface area (Å²) in [5.41, 5.74) is 1.66. The number of aromatic nitrogens is 1. The molecule has 1 saturated heterocycles. The first-order chi connectivity index (χ1) is 14.6. The molecule has 0 radical (unpaired) electrons. The minimum atomic E-state index is -4.17. The van der Waals surface area contributed by atoms with E-state index in [0.29, 0.717) is 23.5 Å². The second-order valence-electron chi connectivity index (χ2n) is 9.02. The Morgan fingerprint density at radius 3 is 2.77 bits per heavy atom. The Morgan fingerprint density at radius 1 is 1.39 bits per heavy atom. The molecule has 172 valence electrons. The van der Waals surface area contributed by atoms with Crippen LogP contribution in [0.4, 0.5) is 15.8 Å². The molecule has 1 aliphatic heterocycles. The van der Waals surface area contributed by atoms with Crippen LogP contribution in [-0.4, -0.2) is 53.3 Å². The summed E-state index contributed by atoms with van der Waals surface area (Å²) in [7, 11) is -5.48. The lowest BCUT2D eigenvalue weighted by molar-refractivity contribution is 0.156. The molecule has 0 unspecified atom stereocenters. The summed E-state index contributed by atoms with van der Waals surface area (Å²) in [4.78, 5) is -0.361. The molecular weight excluding hydrogens is 455 g/mol. The molecule has 1 aromatic carbocycles. The normalized spacial score (nSPS) is 17.1. The number of nitrogens with one attached hydrogen (secondary N) is 2. The smallest absolute Gasteiger partial charge is 0.269 e. The van der Waals surface area contributed by atoms with Gasteiger partial charge in [0.15, 0.2) is 0 Å². The zero-order valence-corrected chi connectivity index (χ0v) is 21.1. The summed E-state index contributed by atoms with van der Waals surface area (Å²) in [5.74, 6) is -0.783. The summed E-state index contributed by atoms with van der Waals surface area (Å²) in [6, 6.07) is 3.78. The van der Waals surface area contributed by atoms with Crippen LogP contribution in [0.15, 0.2) is 28.6 Å². The van der Waals surface area contributed by atoms with Crippen molar-refractivity contribution in [3.05, 3.63) is 35.1 Å². The highest BCUT2D eigenvalue weighted by atomic mass is 32.2. The Morgan fingerprint density at radius 2 is 2.16 bits per heavy atom. The monoisotopic (exact) mass is 486 g/mol. The van der Waals surface area contributed by atoms with Crippen LogP contribution >= 0.6 is 11.5 Å². The summed E-state index contributed by atoms with van der Waals surface area (Å²) < 4.78 is 52.7. The van der Waals surface area contributed by atoms with Crippen LogP contribution in [0.25, 0.3) is 0 Å². The molecule has 11 heteroatoms. The highest BCUT2D eigenvalue weighted by Crippen LogP contribution is 2.30. The largest absolute Gasteiger partial charge is 0.381 e. The Hall–Kier alpha value is -1.53. The molecule has 2 aromatic rings. The molecule has 0 aliphatic carbocycles. The molecule has 3 rings (SSSR count). The number of sulfonamides is 1. The second kappa shape index (κ2) is 9.95. The first-order valence-electron chi connectivity index (χ1n) is 10.4. The highest BCUT2D eigenvalue weighted by molar-refractivity contribution is 7.92. The quantitative estimate of drug-likeness (QED) is 0.301. The van der Waals surface area contributed by atoms with E-state index in [0.717, 1.165) is 41.4 Å². The van der Waals surface area contributed by atoms with Gasteiger partial charge in [0.2, 0.25) is 0 Å². The van der Waals surface area contributed by atoms with Gasteiger partial charge < -0.3 is 15.4 Å². The number of aryl methyl sites for hydroxylation is 1. The van der Waals surface area contributed by atoms with E-state index in [1.54, 1.807) is 12.3 Å². The van der Waals surface area contributed by atoms with Gasteiger partial charge in [0.25, 0.3) is 10.0 Å². The maximum absolute atomic E-state index is 15.0. The maximum Gasteiger partial charge on any atom is 0.269 e. The molecule has 1 fully saturated rings. The number of benzene rings is 1. The van der Waals surface area contributed by atoms with Crippen molar-refractivity contribution in [1.82, 2.24) is 9.69 Å². The lowest BCUT2D eigenvalue weighted by atomic mass is 10.1. The van der Waals surface area contributed by atoms with E-state index in [1.165, 1.54) is 18.3 Å². The van der Waals surface area contributed by atoms with Crippen LogP contribution in [-0.2, 0) is 14.8 Å². The third-order valence-electron chi connectivity index (χ3n) is 5.18. The summed E-state index contributed by atoms with van der Waals surface area (Å²) in [6.07, 6.45) is 2.40. The third kappa shape index (κ3) is 6.25. The Kier molecular flexibility index (Phi) is 7.74. The van der Waals surface area contributed by atoms with Crippen molar-refractivity contribution in [3.63, 3.8) is 0 Å². The summed E-state index contributed by atoms with van der Waals surface area (Å²) >= 11 is 1.14. The molecule has 1 atom stereocenters. The average Bonchev–Trinajstić information content (AvgIpc) is 3.37. The summed E-state index contributed by atoms with van der Waals surface area (Å²) in [5, 5.41) is 8.17. The van der Waals surface area contributed by atoms with Crippen LogP contribution in [0.5, 0.6) is 0 Å². The van der Waals surface area contributed by atoms with Crippen molar-refractivity contribution in [2.45, 2.75) is 50.0 Å². The SMILES string of the molecule is Cc1cc(S(=O)(=O)N(COCC[Si](C)(C)C)c2cnsc2)c(F)cc1N[C@H]1CCNC1.